The zero-order chi connectivity index (χ0) is 11.8. The predicted octanol–water partition coefficient (Wildman–Crippen LogP) is 0.814. The highest BCUT2D eigenvalue weighted by Crippen LogP contribution is 1.92. The number of esters is 1. The summed E-state index contributed by atoms with van der Waals surface area (Å²) in [6.45, 7) is 5.83. The molecule has 16 heavy (non-hydrogen) atoms. The lowest BCUT2D eigenvalue weighted by Crippen LogP contribution is -2.32. The summed E-state index contributed by atoms with van der Waals surface area (Å²) >= 11 is 0. The number of imidazole rings is 1. The van der Waals surface area contributed by atoms with Gasteiger partial charge in [0.25, 0.3) is 0 Å². The van der Waals surface area contributed by atoms with Crippen LogP contribution in [-0.2, 0) is 16.1 Å². The normalized spacial score (nSPS) is 12.4. The first kappa shape index (κ1) is 12.7. The maximum absolute atomic E-state index is 11.1. The Bertz CT molecular complexity index is 298. The smallest absolute Gasteiger partial charge is 0.307 e. The van der Waals surface area contributed by atoms with Crippen molar-refractivity contribution in [2.75, 3.05) is 13.2 Å². The predicted molar refractivity (Wildman–Crippen MR) is 60.9 cm³/mol. The van der Waals surface area contributed by atoms with E-state index in [2.05, 4.69) is 17.2 Å². The largest absolute Gasteiger partial charge is 0.466 e. The number of nitrogens with zero attached hydrogens (tertiary/aromatic N) is 2. The Morgan fingerprint density at radius 2 is 2.44 bits per heavy atom. The molecule has 1 aromatic rings. The lowest BCUT2D eigenvalue weighted by molar-refractivity contribution is -0.142. The Kier molecular flexibility index (Phi) is 5.56. The van der Waals surface area contributed by atoms with E-state index in [-0.39, 0.29) is 5.97 Å². The quantitative estimate of drug-likeness (QED) is 0.698. The van der Waals surface area contributed by atoms with Crippen LogP contribution in [0.1, 0.15) is 20.3 Å². The third-order valence-electron chi connectivity index (χ3n) is 2.17. The van der Waals surface area contributed by atoms with E-state index in [0.717, 1.165) is 6.54 Å². The second-order valence-electron chi connectivity index (χ2n) is 3.67. The Morgan fingerprint density at radius 1 is 1.62 bits per heavy atom. The number of hydrogen-bond acceptors (Lipinski definition) is 4. The van der Waals surface area contributed by atoms with Gasteiger partial charge in [-0.25, -0.2) is 4.98 Å². The molecule has 5 heteroatoms. The minimum absolute atomic E-state index is 0.148. The number of ether oxygens (including phenoxy) is 1. The topological polar surface area (TPSA) is 56.1 Å². The highest BCUT2D eigenvalue weighted by Gasteiger charge is 2.04. The van der Waals surface area contributed by atoms with E-state index < -0.39 is 0 Å². The number of nitrogens with one attached hydrogen (secondary N) is 1. The van der Waals surface area contributed by atoms with Gasteiger partial charge in [0.1, 0.15) is 0 Å². The molecule has 0 aliphatic carbocycles. The van der Waals surface area contributed by atoms with Crippen LogP contribution in [-0.4, -0.2) is 34.7 Å². The molecule has 0 aromatic carbocycles. The summed E-state index contributed by atoms with van der Waals surface area (Å²) < 4.78 is 6.84. The van der Waals surface area contributed by atoms with E-state index in [1.807, 2.05) is 17.7 Å². The third kappa shape index (κ3) is 4.93. The van der Waals surface area contributed by atoms with E-state index in [1.54, 1.807) is 12.5 Å². The second-order valence-corrected chi connectivity index (χ2v) is 3.67. The van der Waals surface area contributed by atoms with Crippen molar-refractivity contribution in [2.24, 2.45) is 0 Å². The van der Waals surface area contributed by atoms with Crippen LogP contribution in [0.5, 0.6) is 0 Å². The van der Waals surface area contributed by atoms with E-state index in [4.69, 9.17) is 4.74 Å². The summed E-state index contributed by atoms with van der Waals surface area (Å²) in [6, 6.07) is 0.309. The number of aromatic nitrogens is 2. The maximum Gasteiger partial charge on any atom is 0.307 e. The van der Waals surface area contributed by atoms with Crippen LogP contribution >= 0.6 is 0 Å². The molecule has 0 saturated heterocycles. The minimum Gasteiger partial charge on any atom is -0.466 e. The van der Waals surface area contributed by atoms with Crippen LogP contribution in [0.2, 0.25) is 0 Å². The Hall–Kier alpha value is -1.36. The molecule has 0 aliphatic rings. The lowest BCUT2D eigenvalue weighted by atomic mass is 10.3. The van der Waals surface area contributed by atoms with Gasteiger partial charge in [-0.05, 0) is 13.8 Å². The van der Waals surface area contributed by atoms with Crippen molar-refractivity contribution in [2.45, 2.75) is 32.9 Å². The molecule has 0 amide bonds. The first-order chi connectivity index (χ1) is 7.72. The molecule has 1 atom stereocenters. The fourth-order valence-corrected chi connectivity index (χ4v) is 1.43. The van der Waals surface area contributed by atoms with Gasteiger partial charge in [-0.15, -0.1) is 0 Å². The average Bonchev–Trinajstić information content (AvgIpc) is 2.70. The highest BCUT2D eigenvalue weighted by molar-refractivity contribution is 5.69. The number of hydrogen-bond donors (Lipinski definition) is 1. The summed E-state index contributed by atoms with van der Waals surface area (Å²) in [5, 5.41) is 3.26. The number of carbonyl (C=O) groups is 1. The van der Waals surface area contributed by atoms with Crippen molar-refractivity contribution < 1.29 is 9.53 Å². The lowest BCUT2D eigenvalue weighted by Gasteiger charge is -2.13. The van der Waals surface area contributed by atoms with Gasteiger partial charge in [-0.3, -0.25) is 4.79 Å². The summed E-state index contributed by atoms with van der Waals surface area (Å²) in [5.41, 5.74) is 0. The molecule has 0 saturated carbocycles. The first-order valence-corrected chi connectivity index (χ1v) is 5.57. The van der Waals surface area contributed by atoms with Gasteiger partial charge >= 0.3 is 5.97 Å². The molecule has 1 N–H and O–H groups in total. The molecule has 1 rings (SSSR count). The Balaban J connectivity index is 2.11. The van der Waals surface area contributed by atoms with E-state index >= 15 is 0 Å². The monoisotopic (exact) mass is 225 g/mol. The number of rotatable bonds is 7. The summed E-state index contributed by atoms with van der Waals surface area (Å²) in [4.78, 5) is 15.0. The Morgan fingerprint density at radius 3 is 3.06 bits per heavy atom. The molecule has 0 aliphatic heterocycles. The minimum atomic E-state index is -0.148. The van der Waals surface area contributed by atoms with Crippen LogP contribution in [0.4, 0.5) is 0 Å². The molecule has 0 radical (unpaired) electrons. The SMILES string of the molecule is CCOC(=O)CCNC(C)Cn1ccnc1. The molecule has 1 heterocycles. The van der Waals surface area contributed by atoms with Crippen LogP contribution in [0, 0.1) is 0 Å². The van der Waals surface area contributed by atoms with Crippen LogP contribution in [0.3, 0.4) is 0 Å². The van der Waals surface area contributed by atoms with Crippen molar-refractivity contribution in [1.82, 2.24) is 14.9 Å². The molecular formula is C11H19N3O2. The van der Waals surface area contributed by atoms with Gasteiger partial charge in [0.15, 0.2) is 0 Å². The van der Waals surface area contributed by atoms with Crippen molar-refractivity contribution in [1.29, 1.82) is 0 Å². The summed E-state index contributed by atoms with van der Waals surface area (Å²) in [6.07, 6.45) is 5.88. The van der Waals surface area contributed by atoms with Crippen molar-refractivity contribution in [3.63, 3.8) is 0 Å². The van der Waals surface area contributed by atoms with Crippen LogP contribution < -0.4 is 5.32 Å². The van der Waals surface area contributed by atoms with Crippen LogP contribution in [0.15, 0.2) is 18.7 Å². The highest BCUT2D eigenvalue weighted by atomic mass is 16.5. The number of carbonyl (C=O) groups excluding carboxylic acids is 1. The first-order valence-electron chi connectivity index (χ1n) is 5.57. The molecule has 1 aromatic heterocycles. The molecule has 5 nitrogen and oxygen atoms in total. The molecule has 0 spiro atoms. The van der Waals surface area contributed by atoms with E-state index in [0.29, 0.717) is 25.6 Å². The van der Waals surface area contributed by atoms with Gasteiger partial charge in [0.05, 0.1) is 19.4 Å². The fraction of sp³-hybridized carbons (Fsp3) is 0.636. The van der Waals surface area contributed by atoms with Gasteiger partial charge in [-0.2, -0.15) is 0 Å². The zero-order valence-corrected chi connectivity index (χ0v) is 9.85. The second kappa shape index (κ2) is 7.00. The fourth-order valence-electron chi connectivity index (χ4n) is 1.43. The van der Waals surface area contributed by atoms with Gasteiger partial charge in [0.2, 0.25) is 0 Å². The summed E-state index contributed by atoms with van der Waals surface area (Å²) in [7, 11) is 0. The molecular weight excluding hydrogens is 206 g/mol. The van der Waals surface area contributed by atoms with Crippen molar-refractivity contribution in [3.05, 3.63) is 18.7 Å². The molecule has 1 unspecified atom stereocenters. The van der Waals surface area contributed by atoms with E-state index in [1.165, 1.54) is 0 Å². The average molecular weight is 225 g/mol. The van der Waals surface area contributed by atoms with E-state index in [9.17, 15) is 4.79 Å². The molecule has 0 bridgehead atoms. The standard InChI is InChI=1S/C11H19N3O2/c1-3-16-11(15)4-5-13-10(2)8-14-7-6-12-9-14/h6-7,9-10,13H,3-5,8H2,1-2H3. The third-order valence-corrected chi connectivity index (χ3v) is 2.17. The van der Waals surface area contributed by atoms with Crippen LogP contribution in [0.25, 0.3) is 0 Å². The van der Waals surface area contributed by atoms with Gasteiger partial charge in [-0.1, -0.05) is 0 Å². The molecule has 90 valence electrons. The zero-order valence-electron chi connectivity index (χ0n) is 9.85. The van der Waals surface area contributed by atoms with Gasteiger partial charge in [0, 0.05) is 31.5 Å². The van der Waals surface area contributed by atoms with Crippen molar-refractivity contribution >= 4 is 5.97 Å². The maximum atomic E-state index is 11.1. The Labute approximate surface area is 95.8 Å². The molecule has 0 fully saturated rings. The summed E-state index contributed by atoms with van der Waals surface area (Å²) in [5.74, 6) is -0.148. The van der Waals surface area contributed by atoms with Crippen molar-refractivity contribution in [3.8, 4) is 0 Å². The van der Waals surface area contributed by atoms with Gasteiger partial charge < -0.3 is 14.6 Å².